The highest BCUT2D eigenvalue weighted by Crippen LogP contribution is 2.23. The third-order valence-corrected chi connectivity index (χ3v) is 3.36. The third-order valence-electron chi connectivity index (χ3n) is 3.36. The first kappa shape index (κ1) is 13.5. The van der Waals surface area contributed by atoms with Crippen molar-refractivity contribution in [1.29, 1.82) is 0 Å². The summed E-state index contributed by atoms with van der Waals surface area (Å²) in [7, 11) is 0. The molecule has 0 unspecified atom stereocenters. The van der Waals surface area contributed by atoms with Gasteiger partial charge in [-0.3, -0.25) is 4.79 Å². The van der Waals surface area contributed by atoms with Crippen molar-refractivity contribution in [2.24, 2.45) is 0 Å². The highest BCUT2D eigenvalue weighted by molar-refractivity contribution is 6.08. The minimum atomic E-state index is -0.283. The van der Waals surface area contributed by atoms with E-state index < -0.39 is 0 Å². The highest BCUT2D eigenvalue weighted by atomic mass is 16.3. The fraction of sp³-hybridized carbons (Fsp3) is 0.235. The molecule has 98 valence electrons. The average Bonchev–Trinajstić information content (AvgIpc) is 2.47. The number of carbonyl (C=O) groups excluding carboxylic acids is 1. The van der Waals surface area contributed by atoms with E-state index in [4.69, 9.17) is 0 Å². The van der Waals surface area contributed by atoms with E-state index >= 15 is 0 Å². The second-order valence-electron chi connectivity index (χ2n) is 5.31. The number of carbonyl (C=O) groups is 1. The standard InChI is InChI=1S/C17H18O2/c1-17(2,12-18)15-10-8-14(9-11-15)16(19)13-6-4-3-5-7-13/h3-11,18H,12H2,1-2H3. The van der Waals surface area contributed by atoms with Crippen LogP contribution in [-0.4, -0.2) is 17.5 Å². The normalized spacial score (nSPS) is 11.3. The second kappa shape index (κ2) is 5.37. The van der Waals surface area contributed by atoms with Crippen LogP contribution in [0.3, 0.4) is 0 Å². The monoisotopic (exact) mass is 254 g/mol. The van der Waals surface area contributed by atoms with Gasteiger partial charge in [0.25, 0.3) is 0 Å². The zero-order chi connectivity index (χ0) is 13.9. The summed E-state index contributed by atoms with van der Waals surface area (Å²) in [4.78, 5) is 12.2. The van der Waals surface area contributed by atoms with Gasteiger partial charge in [0, 0.05) is 16.5 Å². The van der Waals surface area contributed by atoms with Gasteiger partial charge in [0.2, 0.25) is 0 Å². The van der Waals surface area contributed by atoms with Crippen LogP contribution in [-0.2, 0) is 5.41 Å². The Morgan fingerprint density at radius 3 is 2.00 bits per heavy atom. The molecule has 1 N–H and O–H groups in total. The Morgan fingerprint density at radius 1 is 0.947 bits per heavy atom. The molecule has 0 fully saturated rings. The summed E-state index contributed by atoms with van der Waals surface area (Å²) < 4.78 is 0. The van der Waals surface area contributed by atoms with E-state index in [0.717, 1.165) is 5.56 Å². The van der Waals surface area contributed by atoms with Gasteiger partial charge in [-0.15, -0.1) is 0 Å². The smallest absolute Gasteiger partial charge is 0.193 e. The molecule has 0 bridgehead atoms. The summed E-state index contributed by atoms with van der Waals surface area (Å²) in [5.74, 6) is 0.0222. The lowest BCUT2D eigenvalue weighted by Crippen LogP contribution is -2.22. The molecular weight excluding hydrogens is 236 g/mol. The van der Waals surface area contributed by atoms with Crippen LogP contribution in [0.1, 0.15) is 35.3 Å². The van der Waals surface area contributed by atoms with Crippen LogP contribution in [0.25, 0.3) is 0 Å². The molecule has 0 aliphatic rings. The average molecular weight is 254 g/mol. The largest absolute Gasteiger partial charge is 0.395 e. The summed E-state index contributed by atoms with van der Waals surface area (Å²) >= 11 is 0. The van der Waals surface area contributed by atoms with E-state index in [1.807, 2.05) is 68.4 Å². The molecular formula is C17H18O2. The number of ketones is 1. The first-order chi connectivity index (χ1) is 9.04. The summed E-state index contributed by atoms with van der Waals surface area (Å²) in [6.07, 6.45) is 0. The molecule has 0 saturated heterocycles. The topological polar surface area (TPSA) is 37.3 Å². The predicted molar refractivity (Wildman–Crippen MR) is 76.4 cm³/mol. The van der Waals surface area contributed by atoms with Gasteiger partial charge in [0.15, 0.2) is 5.78 Å². The minimum absolute atomic E-state index is 0.0222. The summed E-state index contributed by atoms with van der Waals surface area (Å²) in [5.41, 5.74) is 2.11. The van der Waals surface area contributed by atoms with Crippen molar-refractivity contribution in [3.63, 3.8) is 0 Å². The summed E-state index contributed by atoms with van der Waals surface area (Å²) in [5, 5.41) is 9.34. The van der Waals surface area contributed by atoms with Gasteiger partial charge in [0.05, 0.1) is 6.61 Å². The first-order valence-electron chi connectivity index (χ1n) is 6.36. The van der Waals surface area contributed by atoms with Crippen LogP contribution in [0.5, 0.6) is 0 Å². The molecule has 0 amide bonds. The fourth-order valence-electron chi connectivity index (χ4n) is 1.92. The predicted octanol–water partition coefficient (Wildman–Crippen LogP) is 3.19. The lowest BCUT2D eigenvalue weighted by molar-refractivity contribution is 0.103. The third kappa shape index (κ3) is 2.91. The van der Waals surface area contributed by atoms with Gasteiger partial charge in [-0.1, -0.05) is 68.4 Å². The molecule has 0 spiro atoms. The van der Waals surface area contributed by atoms with E-state index in [0.29, 0.717) is 11.1 Å². The van der Waals surface area contributed by atoms with Gasteiger partial charge in [-0.05, 0) is 5.56 Å². The van der Waals surface area contributed by atoms with E-state index in [1.165, 1.54) is 0 Å². The summed E-state index contributed by atoms with van der Waals surface area (Å²) in [6, 6.07) is 16.7. The van der Waals surface area contributed by atoms with Crippen LogP contribution in [0.4, 0.5) is 0 Å². The molecule has 0 atom stereocenters. The van der Waals surface area contributed by atoms with Crippen molar-refractivity contribution in [3.8, 4) is 0 Å². The van der Waals surface area contributed by atoms with Gasteiger partial charge in [-0.2, -0.15) is 0 Å². The Balaban J connectivity index is 2.27. The fourth-order valence-corrected chi connectivity index (χ4v) is 1.92. The SMILES string of the molecule is CC(C)(CO)c1ccc(C(=O)c2ccccc2)cc1. The zero-order valence-electron chi connectivity index (χ0n) is 11.3. The van der Waals surface area contributed by atoms with E-state index in [2.05, 4.69) is 0 Å². The molecule has 0 aromatic heterocycles. The van der Waals surface area contributed by atoms with E-state index in [1.54, 1.807) is 0 Å². The van der Waals surface area contributed by atoms with Crippen molar-refractivity contribution < 1.29 is 9.90 Å². The van der Waals surface area contributed by atoms with Crippen molar-refractivity contribution in [3.05, 3.63) is 71.3 Å². The highest BCUT2D eigenvalue weighted by Gasteiger charge is 2.19. The van der Waals surface area contributed by atoms with Crippen LogP contribution in [0, 0.1) is 0 Å². The van der Waals surface area contributed by atoms with Crippen LogP contribution < -0.4 is 0 Å². The lowest BCUT2D eigenvalue weighted by atomic mass is 9.85. The molecule has 0 aliphatic heterocycles. The Labute approximate surface area is 113 Å². The molecule has 19 heavy (non-hydrogen) atoms. The van der Waals surface area contributed by atoms with Gasteiger partial charge in [-0.25, -0.2) is 0 Å². The molecule has 2 heteroatoms. The Bertz CT molecular complexity index is 554. The lowest BCUT2D eigenvalue weighted by Gasteiger charge is -2.22. The van der Waals surface area contributed by atoms with E-state index in [-0.39, 0.29) is 17.8 Å². The molecule has 2 aromatic rings. The van der Waals surface area contributed by atoms with Gasteiger partial charge in [0.1, 0.15) is 0 Å². The maximum absolute atomic E-state index is 12.2. The van der Waals surface area contributed by atoms with Crippen molar-refractivity contribution in [2.75, 3.05) is 6.61 Å². The van der Waals surface area contributed by atoms with Gasteiger partial charge >= 0.3 is 0 Å². The molecule has 2 aromatic carbocycles. The second-order valence-corrected chi connectivity index (χ2v) is 5.31. The number of rotatable bonds is 4. The first-order valence-corrected chi connectivity index (χ1v) is 6.36. The Morgan fingerprint density at radius 2 is 1.47 bits per heavy atom. The number of aliphatic hydroxyl groups excluding tert-OH is 1. The zero-order valence-corrected chi connectivity index (χ0v) is 11.3. The Kier molecular flexibility index (Phi) is 3.82. The van der Waals surface area contributed by atoms with Crippen molar-refractivity contribution in [2.45, 2.75) is 19.3 Å². The summed E-state index contributed by atoms with van der Waals surface area (Å²) in [6.45, 7) is 4.03. The van der Waals surface area contributed by atoms with Crippen molar-refractivity contribution >= 4 is 5.78 Å². The molecule has 0 heterocycles. The van der Waals surface area contributed by atoms with Crippen LogP contribution in [0.2, 0.25) is 0 Å². The Hall–Kier alpha value is -1.93. The molecule has 0 radical (unpaired) electrons. The van der Waals surface area contributed by atoms with Crippen molar-refractivity contribution in [1.82, 2.24) is 0 Å². The number of benzene rings is 2. The van der Waals surface area contributed by atoms with Crippen LogP contribution >= 0.6 is 0 Å². The molecule has 2 nitrogen and oxygen atoms in total. The van der Waals surface area contributed by atoms with Gasteiger partial charge < -0.3 is 5.11 Å². The molecule has 0 aliphatic carbocycles. The van der Waals surface area contributed by atoms with Crippen LogP contribution in [0.15, 0.2) is 54.6 Å². The quantitative estimate of drug-likeness (QED) is 0.851. The maximum atomic E-state index is 12.2. The molecule has 2 rings (SSSR count). The van der Waals surface area contributed by atoms with E-state index in [9.17, 15) is 9.90 Å². The number of hydrogen-bond acceptors (Lipinski definition) is 2. The maximum Gasteiger partial charge on any atom is 0.193 e. The minimum Gasteiger partial charge on any atom is -0.395 e. The molecule has 0 saturated carbocycles. The number of hydrogen-bond donors (Lipinski definition) is 1. The number of aliphatic hydroxyl groups is 1.